The minimum atomic E-state index is -1.00. The Morgan fingerprint density at radius 1 is 1.00 bits per heavy atom. The van der Waals surface area contributed by atoms with Crippen LogP contribution in [0.15, 0.2) is 42.5 Å². The number of aromatic carboxylic acids is 1. The summed E-state index contributed by atoms with van der Waals surface area (Å²) in [4.78, 5) is 22.4. The van der Waals surface area contributed by atoms with Crippen molar-refractivity contribution in [2.24, 2.45) is 0 Å². The van der Waals surface area contributed by atoms with Crippen LogP contribution >= 0.6 is 0 Å². The molecule has 0 saturated carbocycles. The van der Waals surface area contributed by atoms with Crippen LogP contribution in [0.4, 0.5) is 0 Å². The lowest BCUT2D eigenvalue weighted by Gasteiger charge is -2.32. The molecule has 1 aliphatic heterocycles. The van der Waals surface area contributed by atoms with E-state index in [-0.39, 0.29) is 5.56 Å². The van der Waals surface area contributed by atoms with Gasteiger partial charge in [0.25, 0.3) is 0 Å². The predicted octanol–water partition coefficient (Wildman–Crippen LogP) is 3.29. The van der Waals surface area contributed by atoms with Gasteiger partial charge in [0.1, 0.15) is 17.8 Å². The van der Waals surface area contributed by atoms with Gasteiger partial charge in [-0.25, -0.2) is 4.79 Å². The van der Waals surface area contributed by atoms with E-state index in [0.29, 0.717) is 22.5 Å². The molecule has 3 rings (SSSR count). The maximum Gasteiger partial charge on any atom is 0.495 e. The Balaban J connectivity index is 1.88. The smallest absolute Gasteiger partial charge is 0.478 e. The maximum atomic E-state index is 11.5. The predicted molar refractivity (Wildman–Crippen MR) is 101 cm³/mol. The highest BCUT2D eigenvalue weighted by atomic mass is 16.7. The summed E-state index contributed by atoms with van der Waals surface area (Å²) in [6.45, 7) is 7.77. The van der Waals surface area contributed by atoms with Crippen molar-refractivity contribution >= 4 is 24.8 Å². The first-order valence-electron chi connectivity index (χ1n) is 8.59. The summed E-state index contributed by atoms with van der Waals surface area (Å²) in [5, 5.41) is 8.96. The van der Waals surface area contributed by atoms with Gasteiger partial charge < -0.3 is 19.2 Å². The van der Waals surface area contributed by atoms with E-state index in [0.717, 1.165) is 6.29 Å². The van der Waals surface area contributed by atoms with E-state index < -0.39 is 24.3 Å². The van der Waals surface area contributed by atoms with Crippen molar-refractivity contribution in [2.45, 2.75) is 38.9 Å². The second-order valence-electron chi connectivity index (χ2n) is 7.43. The number of carbonyl (C=O) groups is 2. The summed E-state index contributed by atoms with van der Waals surface area (Å²) < 4.78 is 17.9. The molecular formula is C20H21BO6. The molecular weight excluding hydrogens is 347 g/mol. The number of ether oxygens (including phenoxy) is 1. The molecule has 1 aliphatic rings. The Labute approximate surface area is 158 Å². The first-order chi connectivity index (χ1) is 12.6. The van der Waals surface area contributed by atoms with Crippen LogP contribution in [0, 0.1) is 0 Å². The average Bonchev–Trinajstić information content (AvgIpc) is 2.83. The van der Waals surface area contributed by atoms with Crippen molar-refractivity contribution in [3.8, 4) is 11.5 Å². The lowest BCUT2D eigenvalue weighted by Crippen LogP contribution is -2.41. The Hall–Kier alpha value is -2.64. The van der Waals surface area contributed by atoms with Gasteiger partial charge in [-0.3, -0.25) is 4.79 Å². The zero-order valence-electron chi connectivity index (χ0n) is 15.7. The number of carbonyl (C=O) groups excluding carboxylic acids is 1. The lowest BCUT2D eigenvalue weighted by atomic mass is 9.76. The molecule has 27 heavy (non-hydrogen) atoms. The molecule has 0 aromatic heterocycles. The molecule has 0 radical (unpaired) electrons. The quantitative estimate of drug-likeness (QED) is 0.644. The van der Waals surface area contributed by atoms with Gasteiger partial charge in [0.05, 0.1) is 16.8 Å². The van der Waals surface area contributed by atoms with Gasteiger partial charge in [0.2, 0.25) is 0 Å². The Kier molecular flexibility index (Phi) is 4.84. The Morgan fingerprint density at radius 3 is 2.07 bits per heavy atom. The van der Waals surface area contributed by atoms with Gasteiger partial charge in [-0.05, 0) is 75.6 Å². The molecule has 1 heterocycles. The van der Waals surface area contributed by atoms with Gasteiger partial charge in [0.15, 0.2) is 0 Å². The summed E-state index contributed by atoms with van der Waals surface area (Å²) in [6.07, 6.45) is 0.756. The van der Waals surface area contributed by atoms with Gasteiger partial charge in [-0.1, -0.05) is 0 Å². The van der Waals surface area contributed by atoms with Crippen LogP contribution in [0.3, 0.4) is 0 Å². The molecule has 0 aliphatic carbocycles. The van der Waals surface area contributed by atoms with E-state index in [2.05, 4.69) is 0 Å². The van der Waals surface area contributed by atoms with E-state index in [1.165, 1.54) is 12.1 Å². The molecule has 0 amide bonds. The topological polar surface area (TPSA) is 82.1 Å². The fourth-order valence-electron chi connectivity index (χ4n) is 2.70. The molecule has 0 unspecified atom stereocenters. The van der Waals surface area contributed by atoms with E-state index in [1.54, 1.807) is 30.3 Å². The number of rotatable bonds is 5. The average molecular weight is 368 g/mol. The van der Waals surface area contributed by atoms with Gasteiger partial charge in [-0.2, -0.15) is 0 Å². The fraction of sp³-hybridized carbons (Fsp3) is 0.300. The first-order valence-corrected chi connectivity index (χ1v) is 8.59. The molecule has 0 atom stereocenters. The normalized spacial score (nSPS) is 17.6. The second kappa shape index (κ2) is 6.83. The van der Waals surface area contributed by atoms with Gasteiger partial charge >= 0.3 is 13.1 Å². The van der Waals surface area contributed by atoms with Crippen LogP contribution < -0.4 is 10.2 Å². The number of benzene rings is 2. The SMILES string of the molecule is CC1(C)OB(c2cc(Oc3ccc(C(=O)O)cc3)ccc2C=O)OC1(C)C. The number of hydrogen-bond acceptors (Lipinski definition) is 5. The highest BCUT2D eigenvalue weighted by Crippen LogP contribution is 2.37. The summed E-state index contributed by atoms with van der Waals surface area (Å²) >= 11 is 0. The van der Waals surface area contributed by atoms with E-state index in [1.807, 2.05) is 27.7 Å². The molecule has 7 heteroatoms. The number of hydrogen-bond donors (Lipinski definition) is 1. The van der Waals surface area contributed by atoms with Crippen molar-refractivity contribution < 1.29 is 28.7 Å². The van der Waals surface area contributed by atoms with Crippen LogP contribution in [0.5, 0.6) is 11.5 Å². The van der Waals surface area contributed by atoms with Crippen molar-refractivity contribution in [3.05, 3.63) is 53.6 Å². The highest BCUT2D eigenvalue weighted by molar-refractivity contribution is 6.63. The third-order valence-corrected chi connectivity index (χ3v) is 5.03. The standard InChI is InChI=1S/C20H21BO6/c1-19(2)20(3,4)27-21(26-19)17-11-16(10-7-14(17)12-22)25-15-8-5-13(6-9-15)18(23)24/h5-12H,1-4H3,(H,23,24). The van der Waals surface area contributed by atoms with E-state index >= 15 is 0 Å². The third-order valence-electron chi connectivity index (χ3n) is 5.03. The number of aldehydes is 1. The maximum absolute atomic E-state index is 11.5. The Bertz CT molecular complexity index is 857. The zero-order chi connectivity index (χ0) is 19.8. The molecule has 2 aromatic rings. The molecule has 1 saturated heterocycles. The second-order valence-corrected chi connectivity index (χ2v) is 7.43. The van der Waals surface area contributed by atoms with Crippen molar-refractivity contribution in [2.75, 3.05) is 0 Å². The molecule has 0 spiro atoms. The van der Waals surface area contributed by atoms with Crippen molar-refractivity contribution in [1.82, 2.24) is 0 Å². The van der Waals surface area contributed by atoms with Crippen LogP contribution in [-0.4, -0.2) is 35.7 Å². The van der Waals surface area contributed by atoms with E-state index in [4.69, 9.17) is 19.2 Å². The van der Waals surface area contributed by atoms with Crippen LogP contribution in [0.25, 0.3) is 0 Å². The molecule has 1 N–H and O–H groups in total. The molecule has 2 aromatic carbocycles. The monoisotopic (exact) mass is 368 g/mol. The molecule has 1 fully saturated rings. The van der Waals surface area contributed by atoms with Crippen LogP contribution in [0.2, 0.25) is 0 Å². The van der Waals surface area contributed by atoms with Crippen molar-refractivity contribution in [1.29, 1.82) is 0 Å². The zero-order valence-corrected chi connectivity index (χ0v) is 15.7. The third kappa shape index (κ3) is 3.75. The van der Waals surface area contributed by atoms with Crippen LogP contribution in [0.1, 0.15) is 48.4 Å². The highest BCUT2D eigenvalue weighted by Gasteiger charge is 2.52. The number of carboxylic acid groups (broad SMARTS) is 1. The first kappa shape index (κ1) is 19.1. The van der Waals surface area contributed by atoms with E-state index in [9.17, 15) is 9.59 Å². The summed E-state index contributed by atoms with van der Waals surface area (Å²) in [5.74, 6) is -0.0213. The van der Waals surface area contributed by atoms with Gasteiger partial charge in [0, 0.05) is 5.56 Å². The summed E-state index contributed by atoms with van der Waals surface area (Å²) in [5.41, 5.74) is 0.171. The largest absolute Gasteiger partial charge is 0.495 e. The lowest BCUT2D eigenvalue weighted by molar-refractivity contribution is 0.00578. The molecule has 6 nitrogen and oxygen atoms in total. The molecule has 0 bridgehead atoms. The fourth-order valence-corrected chi connectivity index (χ4v) is 2.70. The minimum absolute atomic E-state index is 0.177. The summed E-state index contributed by atoms with van der Waals surface area (Å²) in [7, 11) is -0.687. The van der Waals surface area contributed by atoms with Gasteiger partial charge in [-0.15, -0.1) is 0 Å². The number of carboxylic acids is 1. The van der Waals surface area contributed by atoms with Crippen LogP contribution in [-0.2, 0) is 9.31 Å². The summed E-state index contributed by atoms with van der Waals surface area (Å²) in [6, 6.07) is 11.1. The minimum Gasteiger partial charge on any atom is -0.478 e. The Morgan fingerprint density at radius 2 is 1.56 bits per heavy atom. The van der Waals surface area contributed by atoms with Crippen molar-refractivity contribution in [3.63, 3.8) is 0 Å². The molecule has 140 valence electrons.